The lowest BCUT2D eigenvalue weighted by Gasteiger charge is -2.10. The lowest BCUT2D eigenvalue weighted by Crippen LogP contribution is -2.13. The fraction of sp³-hybridized carbons (Fsp3) is 0.0909. The number of primary amides is 1. The second-order valence-corrected chi connectivity index (χ2v) is 6.94. The molecule has 4 rings (SSSR count). The summed E-state index contributed by atoms with van der Waals surface area (Å²) < 4.78 is 7.29. The Morgan fingerprint density at radius 1 is 1.00 bits per heavy atom. The summed E-state index contributed by atoms with van der Waals surface area (Å²) in [7, 11) is 0. The number of aromatic nitrogens is 1. The van der Waals surface area contributed by atoms with E-state index in [0.29, 0.717) is 33.4 Å². The van der Waals surface area contributed by atoms with E-state index in [1.165, 1.54) is 0 Å². The lowest BCUT2D eigenvalue weighted by molar-refractivity contribution is -0.137. The molecule has 0 spiro atoms. The van der Waals surface area contributed by atoms with Gasteiger partial charge in [-0.2, -0.15) is 0 Å². The maximum atomic E-state index is 12.1. The molecule has 29 heavy (non-hydrogen) atoms. The molecule has 1 aromatic heterocycles. The van der Waals surface area contributed by atoms with E-state index in [-0.39, 0.29) is 5.75 Å². The number of aliphatic hydroxyl groups excluding tert-OH is 1. The summed E-state index contributed by atoms with van der Waals surface area (Å²) in [6.45, 7) is -0.282. The van der Waals surface area contributed by atoms with Crippen LogP contribution in [-0.4, -0.2) is 28.2 Å². The molecule has 0 unspecified atom stereocenters. The van der Waals surface area contributed by atoms with Gasteiger partial charge in [0.1, 0.15) is 12.4 Å². The number of fused-ring (bicyclic) bond motifs is 3. The zero-order chi connectivity index (χ0) is 20.5. The molecule has 0 radical (unpaired) electrons. The van der Waals surface area contributed by atoms with Gasteiger partial charge in [0, 0.05) is 17.5 Å². The van der Waals surface area contributed by atoms with Gasteiger partial charge in [-0.25, -0.2) is 4.79 Å². The van der Waals surface area contributed by atoms with Crippen molar-refractivity contribution in [1.29, 1.82) is 0 Å². The Morgan fingerprint density at radius 2 is 1.76 bits per heavy atom. The topological polar surface area (TPSA) is 94.6 Å². The van der Waals surface area contributed by atoms with E-state index in [9.17, 15) is 9.59 Å². The molecule has 7 heteroatoms. The minimum absolute atomic E-state index is 0.203. The highest BCUT2D eigenvalue weighted by Gasteiger charge is 2.22. The van der Waals surface area contributed by atoms with Crippen LogP contribution in [0.3, 0.4) is 0 Å². The van der Waals surface area contributed by atoms with Crippen LogP contribution in [0.2, 0.25) is 5.02 Å². The third kappa shape index (κ3) is 3.33. The summed E-state index contributed by atoms with van der Waals surface area (Å²) in [5.41, 5.74) is 8.29. The van der Waals surface area contributed by atoms with E-state index >= 15 is 0 Å². The van der Waals surface area contributed by atoms with Crippen molar-refractivity contribution in [2.24, 2.45) is 5.73 Å². The van der Waals surface area contributed by atoms with E-state index < -0.39 is 18.5 Å². The molecule has 3 N–H and O–H groups in total. The first kappa shape index (κ1) is 19.0. The van der Waals surface area contributed by atoms with Crippen molar-refractivity contribution in [3.63, 3.8) is 0 Å². The Balaban J connectivity index is 2.11. The second-order valence-electron chi connectivity index (χ2n) is 6.54. The van der Waals surface area contributed by atoms with Crippen LogP contribution in [0.5, 0.6) is 5.75 Å². The molecule has 1 amide bonds. The molecule has 3 aromatic carbocycles. The maximum Gasteiger partial charge on any atom is 0.337 e. The Kier molecular flexibility index (Phi) is 4.96. The van der Waals surface area contributed by atoms with Gasteiger partial charge in [0.15, 0.2) is 0 Å². The van der Waals surface area contributed by atoms with Crippen molar-refractivity contribution in [3.8, 4) is 5.75 Å². The zero-order valence-corrected chi connectivity index (χ0v) is 16.0. The van der Waals surface area contributed by atoms with E-state index in [1.807, 2.05) is 41.0 Å². The van der Waals surface area contributed by atoms with Crippen molar-refractivity contribution in [2.45, 2.75) is 6.54 Å². The number of halogens is 1. The number of ether oxygens (including phenoxy) is 1. The minimum Gasteiger partial charge on any atom is -0.424 e. The first-order valence-corrected chi connectivity index (χ1v) is 9.27. The standard InChI is InChI=1S/C22H17ClN2O4/c23-15-9-10-17(29-18(27)12-26)20-19-14(22(24)28)7-4-8-16(19)25(21(15)20)11-13-5-2-1-3-6-13/h1-10,26H,11-12H2,(H2,24,28). The largest absolute Gasteiger partial charge is 0.424 e. The number of carbonyl (C=O) groups excluding carboxylic acids is 2. The quantitative estimate of drug-likeness (QED) is 0.390. The highest BCUT2D eigenvalue weighted by atomic mass is 35.5. The van der Waals surface area contributed by atoms with Gasteiger partial charge in [0.25, 0.3) is 0 Å². The van der Waals surface area contributed by atoms with E-state index in [1.54, 1.807) is 24.3 Å². The first-order valence-electron chi connectivity index (χ1n) is 8.90. The van der Waals surface area contributed by atoms with Gasteiger partial charge < -0.3 is 20.1 Å². The average Bonchev–Trinajstić information content (AvgIpc) is 3.06. The van der Waals surface area contributed by atoms with E-state index in [4.69, 9.17) is 27.2 Å². The highest BCUT2D eigenvalue weighted by Crippen LogP contribution is 2.41. The van der Waals surface area contributed by atoms with Gasteiger partial charge in [-0.1, -0.05) is 48.0 Å². The summed E-state index contributed by atoms with van der Waals surface area (Å²) >= 11 is 6.55. The number of hydrogen-bond acceptors (Lipinski definition) is 4. The SMILES string of the molecule is NC(=O)c1cccc2c1c1c(OC(=O)CO)ccc(Cl)c1n2Cc1ccccc1. The fourth-order valence-electron chi connectivity index (χ4n) is 3.58. The molecule has 0 bridgehead atoms. The Hall–Kier alpha value is -3.35. The van der Waals surface area contributed by atoms with Crippen molar-refractivity contribution < 1.29 is 19.4 Å². The molecule has 146 valence electrons. The van der Waals surface area contributed by atoms with Crippen molar-refractivity contribution in [2.75, 3.05) is 6.61 Å². The summed E-state index contributed by atoms with van der Waals surface area (Å²) in [6.07, 6.45) is 0. The predicted octanol–water partition coefficient (Wildman–Crippen LogP) is 3.49. The third-order valence-corrected chi connectivity index (χ3v) is 5.05. The number of nitrogens with zero attached hydrogens (tertiary/aromatic N) is 1. The summed E-state index contributed by atoms with van der Waals surface area (Å²) in [5.74, 6) is -1.21. The molecule has 0 atom stereocenters. The van der Waals surface area contributed by atoms with Gasteiger partial charge in [-0.15, -0.1) is 0 Å². The van der Waals surface area contributed by atoms with E-state index in [2.05, 4.69) is 0 Å². The molecule has 0 aliphatic carbocycles. The molecule has 0 aliphatic rings. The minimum atomic E-state index is -0.811. The average molecular weight is 409 g/mol. The van der Waals surface area contributed by atoms with Gasteiger partial charge in [-0.3, -0.25) is 4.79 Å². The fourth-order valence-corrected chi connectivity index (χ4v) is 3.84. The Labute approximate surface area is 171 Å². The number of amides is 1. The van der Waals surface area contributed by atoms with Crippen molar-refractivity contribution in [3.05, 3.63) is 76.8 Å². The van der Waals surface area contributed by atoms with Crippen LogP contribution in [0.1, 0.15) is 15.9 Å². The molecule has 0 saturated carbocycles. The van der Waals surface area contributed by atoms with Crippen LogP contribution in [0.4, 0.5) is 0 Å². The number of rotatable bonds is 5. The first-order chi connectivity index (χ1) is 14.0. The number of nitrogens with two attached hydrogens (primary N) is 1. The maximum absolute atomic E-state index is 12.1. The van der Waals surface area contributed by atoms with E-state index in [0.717, 1.165) is 11.1 Å². The molecular weight excluding hydrogens is 392 g/mol. The third-order valence-electron chi connectivity index (χ3n) is 4.75. The number of benzene rings is 3. The summed E-state index contributed by atoms with van der Waals surface area (Å²) in [4.78, 5) is 23.9. The highest BCUT2D eigenvalue weighted by molar-refractivity contribution is 6.37. The lowest BCUT2D eigenvalue weighted by atomic mass is 10.1. The monoisotopic (exact) mass is 408 g/mol. The number of hydrogen-bond donors (Lipinski definition) is 2. The molecule has 0 aliphatic heterocycles. The van der Waals surface area contributed by atoms with Gasteiger partial charge in [0.05, 0.1) is 21.4 Å². The Bertz CT molecular complexity index is 1250. The smallest absolute Gasteiger partial charge is 0.337 e. The van der Waals surface area contributed by atoms with Crippen LogP contribution in [0.25, 0.3) is 21.8 Å². The predicted molar refractivity (Wildman–Crippen MR) is 111 cm³/mol. The second kappa shape index (κ2) is 7.58. The summed E-state index contributed by atoms with van der Waals surface area (Å²) in [6, 6.07) is 18.2. The number of carbonyl (C=O) groups is 2. The van der Waals surface area contributed by atoms with Gasteiger partial charge in [0.2, 0.25) is 5.91 Å². The van der Waals surface area contributed by atoms with Crippen molar-refractivity contribution in [1.82, 2.24) is 4.57 Å². The van der Waals surface area contributed by atoms with Crippen LogP contribution in [-0.2, 0) is 11.3 Å². The van der Waals surface area contributed by atoms with Crippen LogP contribution in [0, 0.1) is 0 Å². The van der Waals surface area contributed by atoms with Gasteiger partial charge in [-0.05, 0) is 29.8 Å². The van der Waals surface area contributed by atoms with Crippen LogP contribution < -0.4 is 10.5 Å². The molecule has 1 heterocycles. The number of esters is 1. The summed E-state index contributed by atoms with van der Waals surface area (Å²) in [5, 5.41) is 10.6. The molecule has 0 fully saturated rings. The van der Waals surface area contributed by atoms with Gasteiger partial charge >= 0.3 is 5.97 Å². The molecule has 4 aromatic rings. The molecule has 0 saturated heterocycles. The van der Waals surface area contributed by atoms with Crippen LogP contribution >= 0.6 is 11.6 Å². The van der Waals surface area contributed by atoms with Crippen LogP contribution in [0.15, 0.2) is 60.7 Å². The Morgan fingerprint density at radius 3 is 2.45 bits per heavy atom. The number of aliphatic hydroxyl groups is 1. The van der Waals surface area contributed by atoms with Crippen molar-refractivity contribution >= 4 is 45.3 Å². The zero-order valence-electron chi connectivity index (χ0n) is 15.3. The molecule has 6 nitrogen and oxygen atoms in total. The molecular formula is C22H17ClN2O4. The normalized spacial score (nSPS) is 11.1.